The zero-order chi connectivity index (χ0) is 13.7. The molecule has 0 bridgehead atoms. The molecule has 1 amide bonds. The highest BCUT2D eigenvalue weighted by molar-refractivity contribution is 5.95. The van der Waals surface area contributed by atoms with Gasteiger partial charge in [-0.2, -0.15) is 0 Å². The second-order valence-electron chi connectivity index (χ2n) is 4.31. The predicted molar refractivity (Wildman–Crippen MR) is 66.3 cm³/mol. The molecule has 1 atom stereocenters. The normalized spacial score (nSPS) is 12.3. The minimum atomic E-state index is -0.861. The maximum Gasteiger partial charge on any atom is 0.257 e. The van der Waals surface area contributed by atoms with Crippen molar-refractivity contribution in [2.45, 2.75) is 32.7 Å². The number of amides is 1. The maximum absolute atomic E-state index is 13.7. The Labute approximate surface area is 105 Å². The summed E-state index contributed by atoms with van der Waals surface area (Å²) < 4.78 is 27.1. The number of nitrogens with one attached hydrogen (secondary N) is 1. The molecule has 1 aromatic carbocycles. The van der Waals surface area contributed by atoms with Crippen molar-refractivity contribution in [2.75, 3.05) is 6.54 Å². The lowest BCUT2D eigenvalue weighted by atomic mass is 10.1. The van der Waals surface area contributed by atoms with Crippen molar-refractivity contribution in [1.29, 1.82) is 0 Å². The second-order valence-corrected chi connectivity index (χ2v) is 4.31. The Hall–Kier alpha value is -1.49. The lowest BCUT2D eigenvalue weighted by molar-refractivity contribution is 0.0942. The highest BCUT2D eigenvalue weighted by Crippen LogP contribution is 2.16. The van der Waals surface area contributed by atoms with Gasteiger partial charge in [0, 0.05) is 12.6 Å². The third kappa shape index (κ3) is 3.50. The van der Waals surface area contributed by atoms with Gasteiger partial charge in [-0.05, 0) is 25.0 Å². The molecule has 0 spiro atoms. The van der Waals surface area contributed by atoms with E-state index in [1.807, 2.05) is 6.92 Å². The van der Waals surface area contributed by atoms with Crippen LogP contribution in [0.5, 0.6) is 0 Å². The van der Waals surface area contributed by atoms with E-state index in [1.165, 1.54) is 13.0 Å². The van der Waals surface area contributed by atoms with Crippen LogP contribution in [-0.4, -0.2) is 18.5 Å². The van der Waals surface area contributed by atoms with Gasteiger partial charge in [0.2, 0.25) is 0 Å². The van der Waals surface area contributed by atoms with Gasteiger partial charge in [-0.15, -0.1) is 0 Å². The average molecular weight is 256 g/mol. The molecule has 0 aromatic heterocycles. The summed E-state index contributed by atoms with van der Waals surface area (Å²) in [6.45, 7) is 3.66. The first kappa shape index (κ1) is 14.6. The van der Waals surface area contributed by atoms with Crippen LogP contribution < -0.4 is 11.1 Å². The Morgan fingerprint density at radius 2 is 2.11 bits per heavy atom. The van der Waals surface area contributed by atoms with Gasteiger partial charge in [-0.25, -0.2) is 8.78 Å². The fourth-order valence-corrected chi connectivity index (χ4v) is 1.65. The molecule has 100 valence electrons. The molecule has 0 saturated heterocycles. The third-order valence-electron chi connectivity index (χ3n) is 2.70. The summed E-state index contributed by atoms with van der Waals surface area (Å²) >= 11 is 0. The number of hydrogen-bond donors (Lipinski definition) is 2. The van der Waals surface area contributed by atoms with Crippen molar-refractivity contribution in [1.82, 2.24) is 5.32 Å². The van der Waals surface area contributed by atoms with Gasteiger partial charge >= 0.3 is 0 Å². The molecule has 0 aliphatic carbocycles. The predicted octanol–water partition coefficient (Wildman–Crippen LogP) is 2.13. The Morgan fingerprint density at radius 3 is 2.72 bits per heavy atom. The van der Waals surface area contributed by atoms with Crippen LogP contribution in [0.1, 0.15) is 35.7 Å². The fraction of sp³-hybridized carbons (Fsp3) is 0.462. The Morgan fingerprint density at radius 1 is 1.44 bits per heavy atom. The van der Waals surface area contributed by atoms with E-state index in [2.05, 4.69) is 5.32 Å². The molecule has 1 aromatic rings. The maximum atomic E-state index is 13.7. The van der Waals surface area contributed by atoms with Gasteiger partial charge in [0.25, 0.3) is 5.91 Å². The van der Waals surface area contributed by atoms with Gasteiger partial charge in [0.1, 0.15) is 17.2 Å². The van der Waals surface area contributed by atoms with Crippen LogP contribution in [0.15, 0.2) is 12.1 Å². The van der Waals surface area contributed by atoms with Crippen LogP contribution in [0.4, 0.5) is 8.78 Å². The van der Waals surface area contributed by atoms with Crippen LogP contribution in [0, 0.1) is 18.6 Å². The third-order valence-corrected chi connectivity index (χ3v) is 2.70. The molecule has 0 aliphatic rings. The van der Waals surface area contributed by atoms with Crippen molar-refractivity contribution < 1.29 is 13.6 Å². The van der Waals surface area contributed by atoms with Gasteiger partial charge in [-0.3, -0.25) is 4.79 Å². The molecule has 0 radical (unpaired) electrons. The zero-order valence-corrected chi connectivity index (χ0v) is 10.6. The summed E-state index contributed by atoms with van der Waals surface area (Å²) in [6.07, 6.45) is 1.64. The van der Waals surface area contributed by atoms with E-state index in [0.717, 1.165) is 18.9 Å². The number of carbonyl (C=O) groups excluding carboxylic acids is 1. The van der Waals surface area contributed by atoms with E-state index in [1.54, 1.807) is 0 Å². The van der Waals surface area contributed by atoms with Crippen LogP contribution in [0.25, 0.3) is 0 Å². The molecule has 5 heteroatoms. The zero-order valence-electron chi connectivity index (χ0n) is 10.6. The SMILES string of the molecule is CCCC(N)CNC(=O)c1c(F)ccc(C)c1F. The molecule has 18 heavy (non-hydrogen) atoms. The number of carbonyl (C=O) groups is 1. The molecule has 3 N–H and O–H groups in total. The van der Waals surface area contributed by atoms with Gasteiger partial charge < -0.3 is 11.1 Å². The van der Waals surface area contributed by atoms with E-state index in [-0.39, 0.29) is 18.2 Å². The largest absolute Gasteiger partial charge is 0.350 e. The van der Waals surface area contributed by atoms with Crippen molar-refractivity contribution in [3.63, 3.8) is 0 Å². The summed E-state index contributed by atoms with van der Waals surface area (Å²) in [5, 5.41) is 2.45. The lowest BCUT2D eigenvalue weighted by Crippen LogP contribution is -2.37. The molecule has 0 saturated carbocycles. The highest BCUT2D eigenvalue weighted by Gasteiger charge is 2.19. The van der Waals surface area contributed by atoms with E-state index in [4.69, 9.17) is 5.73 Å². The quantitative estimate of drug-likeness (QED) is 0.848. The summed E-state index contributed by atoms with van der Waals surface area (Å²) in [5.74, 6) is -2.45. The van der Waals surface area contributed by atoms with E-state index < -0.39 is 23.1 Å². The first-order valence-electron chi connectivity index (χ1n) is 5.95. The first-order chi connectivity index (χ1) is 8.47. The molecule has 0 aliphatic heterocycles. The smallest absolute Gasteiger partial charge is 0.257 e. The van der Waals surface area contributed by atoms with Crippen molar-refractivity contribution >= 4 is 5.91 Å². The number of halogens is 2. The summed E-state index contributed by atoms with van der Waals surface area (Å²) in [7, 11) is 0. The lowest BCUT2D eigenvalue weighted by Gasteiger charge is -2.12. The Balaban J connectivity index is 2.76. The van der Waals surface area contributed by atoms with Crippen molar-refractivity contribution in [3.8, 4) is 0 Å². The summed E-state index contributed by atoms with van der Waals surface area (Å²) in [6, 6.07) is 2.18. The minimum absolute atomic E-state index is 0.199. The van der Waals surface area contributed by atoms with Crippen LogP contribution >= 0.6 is 0 Å². The molecular weight excluding hydrogens is 238 g/mol. The van der Waals surface area contributed by atoms with Crippen molar-refractivity contribution in [2.24, 2.45) is 5.73 Å². The first-order valence-corrected chi connectivity index (χ1v) is 5.95. The molecule has 3 nitrogen and oxygen atoms in total. The fourth-order valence-electron chi connectivity index (χ4n) is 1.65. The molecular formula is C13H18F2N2O. The standard InChI is InChI=1S/C13H18F2N2O/c1-3-4-9(16)7-17-13(18)11-10(14)6-5-8(2)12(11)15/h5-6,9H,3-4,7,16H2,1-2H3,(H,17,18). The summed E-state index contributed by atoms with van der Waals surface area (Å²) in [5.41, 5.74) is 5.41. The molecule has 1 rings (SSSR count). The molecule has 0 heterocycles. The van der Waals surface area contributed by atoms with Gasteiger partial charge in [0.15, 0.2) is 0 Å². The van der Waals surface area contributed by atoms with Crippen LogP contribution in [-0.2, 0) is 0 Å². The van der Waals surface area contributed by atoms with Crippen LogP contribution in [0.3, 0.4) is 0 Å². The van der Waals surface area contributed by atoms with Crippen molar-refractivity contribution in [3.05, 3.63) is 34.9 Å². The van der Waals surface area contributed by atoms with E-state index in [0.29, 0.717) is 0 Å². The van der Waals surface area contributed by atoms with Gasteiger partial charge in [-0.1, -0.05) is 19.4 Å². The van der Waals surface area contributed by atoms with Crippen LogP contribution in [0.2, 0.25) is 0 Å². The number of aryl methyl sites for hydroxylation is 1. The number of hydrogen-bond acceptors (Lipinski definition) is 2. The average Bonchev–Trinajstić information content (AvgIpc) is 2.32. The topological polar surface area (TPSA) is 55.1 Å². The Bertz CT molecular complexity index is 435. The van der Waals surface area contributed by atoms with E-state index >= 15 is 0 Å². The Kier molecular flexibility index (Phi) is 5.22. The van der Waals surface area contributed by atoms with E-state index in [9.17, 15) is 13.6 Å². The monoisotopic (exact) mass is 256 g/mol. The number of nitrogens with two attached hydrogens (primary N) is 1. The molecule has 0 fully saturated rings. The molecule has 1 unspecified atom stereocenters. The second kappa shape index (κ2) is 6.44. The minimum Gasteiger partial charge on any atom is -0.350 e. The van der Waals surface area contributed by atoms with Gasteiger partial charge in [0.05, 0.1) is 0 Å². The summed E-state index contributed by atoms with van der Waals surface area (Å²) in [4.78, 5) is 11.7. The number of benzene rings is 1. The highest BCUT2D eigenvalue weighted by atomic mass is 19.1. The number of rotatable bonds is 5.